The van der Waals surface area contributed by atoms with Gasteiger partial charge in [-0.2, -0.15) is 4.98 Å². The van der Waals surface area contributed by atoms with Crippen LogP contribution in [-0.2, 0) is 4.74 Å². The molecule has 5 nitrogen and oxygen atoms in total. The molecule has 1 unspecified atom stereocenters. The van der Waals surface area contributed by atoms with Gasteiger partial charge in [0.05, 0.1) is 12.6 Å². The van der Waals surface area contributed by atoms with Crippen LogP contribution in [0.3, 0.4) is 0 Å². The Morgan fingerprint density at radius 2 is 2.12 bits per heavy atom. The summed E-state index contributed by atoms with van der Waals surface area (Å²) < 4.78 is 5.16. The monoisotopic (exact) mass is 224 g/mol. The Kier molecular flexibility index (Phi) is 4.49. The number of methoxy groups -OCH3 is 1. The Morgan fingerprint density at radius 3 is 2.62 bits per heavy atom. The van der Waals surface area contributed by atoms with Crippen LogP contribution in [0.25, 0.3) is 0 Å². The van der Waals surface area contributed by atoms with Gasteiger partial charge in [-0.05, 0) is 12.8 Å². The molecule has 0 saturated carbocycles. The van der Waals surface area contributed by atoms with Crippen molar-refractivity contribution in [3.8, 4) is 0 Å². The Bertz CT molecular complexity index is 321. The fourth-order valence-electron chi connectivity index (χ4n) is 1.44. The summed E-state index contributed by atoms with van der Waals surface area (Å²) in [5.41, 5.74) is 6.45. The third-order valence-electron chi connectivity index (χ3n) is 2.36. The summed E-state index contributed by atoms with van der Waals surface area (Å²) in [7, 11) is 1.69. The second kappa shape index (κ2) is 5.65. The standard InChI is InChI=1S/C11H20N4O/c1-7(2)9(6-16-4)14-10-5-8(3)13-11(12)15-10/h5,7,9H,6H2,1-4H3,(H3,12,13,14,15). The van der Waals surface area contributed by atoms with Crippen LogP contribution in [0.15, 0.2) is 6.07 Å². The number of nitrogens with one attached hydrogen (secondary N) is 1. The van der Waals surface area contributed by atoms with Crippen LogP contribution in [0.2, 0.25) is 0 Å². The van der Waals surface area contributed by atoms with Crippen molar-refractivity contribution in [1.82, 2.24) is 9.97 Å². The number of nitrogens with zero attached hydrogens (tertiary/aromatic N) is 2. The summed E-state index contributed by atoms with van der Waals surface area (Å²) in [4.78, 5) is 8.17. The van der Waals surface area contributed by atoms with Crippen LogP contribution in [-0.4, -0.2) is 29.7 Å². The molecule has 0 bridgehead atoms. The third-order valence-corrected chi connectivity index (χ3v) is 2.36. The highest BCUT2D eigenvalue weighted by molar-refractivity contribution is 5.41. The Balaban J connectivity index is 2.76. The smallest absolute Gasteiger partial charge is 0.222 e. The van der Waals surface area contributed by atoms with Crippen molar-refractivity contribution < 1.29 is 4.74 Å². The second-order valence-corrected chi connectivity index (χ2v) is 4.20. The number of hydrogen-bond donors (Lipinski definition) is 2. The summed E-state index contributed by atoms with van der Waals surface area (Å²) in [6.45, 7) is 6.80. The number of rotatable bonds is 5. The number of nitrogen functional groups attached to an aromatic ring is 1. The van der Waals surface area contributed by atoms with Gasteiger partial charge in [0.25, 0.3) is 0 Å². The molecule has 1 heterocycles. The van der Waals surface area contributed by atoms with E-state index in [4.69, 9.17) is 10.5 Å². The predicted octanol–water partition coefficient (Wildman–Crippen LogP) is 1.45. The molecule has 0 aliphatic heterocycles. The van der Waals surface area contributed by atoms with Crippen molar-refractivity contribution in [3.05, 3.63) is 11.8 Å². The van der Waals surface area contributed by atoms with E-state index in [-0.39, 0.29) is 6.04 Å². The van der Waals surface area contributed by atoms with Crippen molar-refractivity contribution >= 4 is 11.8 Å². The summed E-state index contributed by atoms with van der Waals surface area (Å²) >= 11 is 0. The number of nitrogens with two attached hydrogens (primary N) is 1. The first-order valence-corrected chi connectivity index (χ1v) is 5.39. The first kappa shape index (κ1) is 12.7. The Labute approximate surface area is 96.4 Å². The average molecular weight is 224 g/mol. The lowest BCUT2D eigenvalue weighted by molar-refractivity contribution is 0.171. The summed E-state index contributed by atoms with van der Waals surface area (Å²) in [6.07, 6.45) is 0. The van der Waals surface area contributed by atoms with Crippen molar-refractivity contribution in [1.29, 1.82) is 0 Å². The molecular formula is C11H20N4O. The molecule has 5 heteroatoms. The first-order valence-electron chi connectivity index (χ1n) is 5.39. The van der Waals surface area contributed by atoms with Crippen LogP contribution in [0.1, 0.15) is 19.5 Å². The van der Waals surface area contributed by atoms with Crippen molar-refractivity contribution in [3.63, 3.8) is 0 Å². The van der Waals surface area contributed by atoms with E-state index in [0.717, 1.165) is 11.5 Å². The van der Waals surface area contributed by atoms with Gasteiger partial charge in [0.2, 0.25) is 5.95 Å². The van der Waals surface area contributed by atoms with E-state index in [0.29, 0.717) is 18.5 Å². The molecule has 0 fully saturated rings. The van der Waals surface area contributed by atoms with Gasteiger partial charge in [-0.3, -0.25) is 0 Å². The largest absolute Gasteiger partial charge is 0.383 e. The van der Waals surface area contributed by atoms with Gasteiger partial charge in [-0.1, -0.05) is 13.8 Å². The molecule has 0 aromatic carbocycles. The van der Waals surface area contributed by atoms with Gasteiger partial charge < -0.3 is 15.8 Å². The van der Waals surface area contributed by atoms with E-state index in [1.807, 2.05) is 13.0 Å². The van der Waals surface area contributed by atoms with Gasteiger partial charge in [-0.15, -0.1) is 0 Å². The van der Waals surface area contributed by atoms with Crippen LogP contribution in [0, 0.1) is 12.8 Å². The molecule has 0 radical (unpaired) electrons. The molecule has 0 spiro atoms. The third kappa shape index (κ3) is 3.66. The maximum Gasteiger partial charge on any atom is 0.222 e. The molecule has 3 N–H and O–H groups in total. The Morgan fingerprint density at radius 1 is 1.44 bits per heavy atom. The minimum absolute atomic E-state index is 0.221. The van der Waals surface area contributed by atoms with Gasteiger partial charge in [0.15, 0.2) is 0 Å². The number of anilines is 2. The summed E-state index contributed by atoms with van der Waals surface area (Å²) in [5, 5.41) is 3.30. The van der Waals surface area contributed by atoms with E-state index in [1.165, 1.54) is 0 Å². The lowest BCUT2D eigenvalue weighted by atomic mass is 10.1. The fraction of sp³-hybridized carbons (Fsp3) is 0.636. The molecule has 1 atom stereocenters. The number of hydrogen-bond acceptors (Lipinski definition) is 5. The normalized spacial score (nSPS) is 12.8. The molecule has 0 aliphatic rings. The molecule has 0 saturated heterocycles. The van der Waals surface area contributed by atoms with E-state index >= 15 is 0 Å². The lowest BCUT2D eigenvalue weighted by Gasteiger charge is -2.22. The summed E-state index contributed by atoms with van der Waals surface area (Å²) in [5.74, 6) is 1.50. The van der Waals surface area contributed by atoms with E-state index in [9.17, 15) is 0 Å². The molecule has 1 rings (SSSR count). The molecule has 90 valence electrons. The number of aryl methyl sites for hydroxylation is 1. The first-order chi connectivity index (χ1) is 7.52. The average Bonchev–Trinajstić information content (AvgIpc) is 2.15. The van der Waals surface area contributed by atoms with Gasteiger partial charge in [-0.25, -0.2) is 4.98 Å². The summed E-state index contributed by atoms with van der Waals surface area (Å²) in [6, 6.07) is 2.10. The number of aromatic nitrogens is 2. The number of ether oxygens (including phenoxy) is 1. The van der Waals surface area contributed by atoms with Crippen LogP contribution >= 0.6 is 0 Å². The van der Waals surface area contributed by atoms with E-state index in [1.54, 1.807) is 7.11 Å². The molecule has 1 aromatic rings. The van der Waals surface area contributed by atoms with Crippen molar-refractivity contribution in [2.24, 2.45) is 5.92 Å². The zero-order valence-electron chi connectivity index (χ0n) is 10.3. The maximum absolute atomic E-state index is 5.59. The van der Waals surface area contributed by atoms with Crippen LogP contribution in [0.4, 0.5) is 11.8 Å². The predicted molar refractivity (Wildman–Crippen MR) is 65.3 cm³/mol. The van der Waals surface area contributed by atoms with Gasteiger partial charge >= 0.3 is 0 Å². The molecule has 0 aliphatic carbocycles. The second-order valence-electron chi connectivity index (χ2n) is 4.20. The lowest BCUT2D eigenvalue weighted by Crippen LogP contribution is -2.31. The van der Waals surface area contributed by atoms with Gasteiger partial charge in [0, 0.05) is 18.9 Å². The zero-order chi connectivity index (χ0) is 12.1. The topological polar surface area (TPSA) is 73.1 Å². The molecule has 16 heavy (non-hydrogen) atoms. The Hall–Kier alpha value is -1.36. The highest BCUT2D eigenvalue weighted by atomic mass is 16.5. The van der Waals surface area contributed by atoms with E-state index < -0.39 is 0 Å². The molecule has 0 amide bonds. The van der Waals surface area contributed by atoms with Gasteiger partial charge in [0.1, 0.15) is 5.82 Å². The maximum atomic E-state index is 5.59. The fourth-order valence-corrected chi connectivity index (χ4v) is 1.44. The van der Waals surface area contributed by atoms with E-state index in [2.05, 4.69) is 29.1 Å². The van der Waals surface area contributed by atoms with Crippen LogP contribution < -0.4 is 11.1 Å². The minimum Gasteiger partial charge on any atom is -0.383 e. The van der Waals surface area contributed by atoms with Crippen LogP contribution in [0.5, 0.6) is 0 Å². The minimum atomic E-state index is 0.221. The highest BCUT2D eigenvalue weighted by Gasteiger charge is 2.13. The SMILES string of the molecule is COCC(Nc1cc(C)nc(N)n1)C(C)C. The highest BCUT2D eigenvalue weighted by Crippen LogP contribution is 2.12. The zero-order valence-corrected chi connectivity index (χ0v) is 10.3. The molecular weight excluding hydrogens is 204 g/mol. The quantitative estimate of drug-likeness (QED) is 0.792. The van der Waals surface area contributed by atoms with Crippen molar-refractivity contribution in [2.75, 3.05) is 24.8 Å². The molecule has 1 aromatic heterocycles. The van der Waals surface area contributed by atoms with Crippen molar-refractivity contribution in [2.45, 2.75) is 26.8 Å².